The fourth-order valence-electron chi connectivity index (χ4n) is 3.92. The van der Waals surface area contributed by atoms with Gasteiger partial charge in [-0.25, -0.2) is 4.98 Å². The first kappa shape index (κ1) is 21.2. The SMILES string of the molecule is COCc1noc(-c2cc3c4ccccc4n(Cc4cc([N+](=O)[O-])cc([N+](=O)[O-])c4)c3cn2)n1. The summed E-state index contributed by atoms with van der Waals surface area (Å²) in [5, 5.41) is 28.2. The molecule has 12 nitrogen and oxygen atoms in total. The summed E-state index contributed by atoms with van der Waals surface area (Å²) < 4.78 is 12.2. The van der Waals surface area contributed by atoms with Crippen molar-refractivity contribution in [3.05, 3.63) is 86.3 Å². The predicted molar refractivity (Wildman–Crippen MR) is 120 cm³/mol. The molecule has 0 saturated carbocycles. The van der Waals surface area contributed by atoms with Gasteiger partial charge in [0.1, 0.15) is 12.3 Å². The molecule has 0 fully saturated rings. The molecule has 2 aromatic carbocycles. The normalized spacial score (nSPS) is 11.3. The van der Waals surface area contributed by atoms with Crippen molar-refractivity contribution in [3.8, 4) is 11.6 Å². The lowest BCUT2D eigenvalue weighted by atomic mass is 10.1. The number of rotatable bonds is 7. The van der Waals surface area contributed by atoms with Gasteiger partial charge in [0.05, 0.1) is 27.6 Å². The van der Waals surface area contributed by atoms with Crippen LogP contribution in [0.2, 0.25) is 0 Å². The van der Waals surface area contributed by atoms with Gasteiger partial charge in [0.2, 0.25) is 0 Å². The van der Waals surface area contributed by atoms with Gasteiger partial charge in [-0.1, -0.05) is 23.4 Å². The van der Waals surface area contributed by atoms with Gasteiger partial charge in [0.15, 0.2) is 5.82 Å². The second kappa shape index (κ2) is 8.33. The number of nitrogens with zero attached hydrogens (tertiary/aromatic N) is 6. The molecule has 0 aliphatic carbocycles. The highest BCUT2D eigenvalue weighted by molar-refractivity contribution is 6.08. The summed E-state index contributed by atoms with van der Waals surface area (Å²) in [6, 6.07) is 13.1. The van der Waals surface area contributed by atoms with Gasteiger partial charge < -0.3 is 13.8 Å². The summed E-state index contributed by atoms with van der Waals surface area (Å²) in [6.45, 7) is 0.381. The number of non-ortho nitro benzene ring substituents is 2. The van der Waals surface area contributed by atoms with Crippen molar-refractivity contribution in [2.24, 2.45) is 0 Å². The Kier molecular flexibility index (Phi) is 5.18. The van der Waals surface area contributed by atoms with Crippen LogP contribution in [0.3, 0.4) is 0 Å². The average Bonchev–Trinajstić information content (AvgIpc) is 3.42. The lowest BCUT2D eigenvalue weighted by molar-refractivity contribution is -0.394. The van der Waals surface area contributed by atoms with Gasteiger partial charge >= 0.3 is 0 Å². The van der Waals surface area contributed by atoms with Crippen molar-refractivity contribution >= 4 is 33.2 Å². The highest BCUT2D eigenvalue weighted by atomic mass is 16.6. The first-order chi connectivity index (χ1) is 16.4. The molecule has 0 aliphatic rings. The van der Waals surface area contributed by atoms with Crippen molar-refractivity contribution in [1.29, 1.82) is 0 Å². The van der Waals surface area contributed by atoms with Crippen LogP contribution >= 0.6 is 0 Å². The van der Waals surface area contributed by atoms with Crippen molar-refractivity contribution < 1.29 is 19.1 Å². The molecular weight excluding hydrogens is 444 g/mol. The van der Waals surface area contributed by atoms with E-state index in [0.29, 0.717) is 17.1 Å². The molecule has 0 spiro atoms. The minimum Gasteiger partial charge on any atom is -0.377 e. The summed E-state index contributed by atoms with van der Waals surface area (Å²) in [6.07, 6.45) is 1.65. The lowest BCUT2D eigenvalue weighted by Gasteiger charge is -2.08. The van der Waals surface area contributed by atoms with E-state index >= 15 is 0 Å². The number of ether oxygens (including phenoxy) is 1. The van der Waals surface area contributed by atoms with Crippen LogP contribution < -0.4 is 0 Å². The third kappa shape index (κ3) is 3.71. The highest BCUT2D eigenvalue weighted by Crippen LogP contribution is 2.32. The van der Waals surface area contributed by atoms with Crippen LogP contribution in [0.15, 0.2) is 59.3 Å². The number of aromatic nitrogens is 4. The minimum atomic E-state index is -0.640. The van der Waals surface area contributed by atoms with E-state index in [4.69, 9.17) is 9.26 Å². The number of hydrogen-bond donors (Lipinski definition) is 0. The summed E-state index contributed by atoms with van der Waals surface area (Å²) in [5.74, 6) is 0.647. The maximum Gasteiger partial charge on any atom is 0.276 e. The minimum absolute atomic E-state index is 0.173. The molecule has 3 aromatic heterocycles. The summed E-state index contributed by atoms with van der Waals surface area (Å²) >= 11 is 0. The van der Waals surface area contributed by atoms with Gasteiger partial charge in [-0.3, -0.25) is 20.2 Å². The summed E-state index contributed by atoms with van der Waals surface area (Å²) in [5.41, 5.74) is 1.82. The van der Waals surface area contributed by atoms with E-state index in [1.807, 2.05) is 34.9 Å². The molecule has 0 aliphatic heterocycles. The lowest BCUT2D eigenvalue weighted by Crippen LogP contribution is -2.02. The molecule has 5 rings (SSSR count). The van der Waals surface area contributed by atoms with E-state index < -0.39 is 9.85 Å². The molecule has 0 saturated heterocycles. The Bertz CT molecular complexity index is 1540. The van der Waals surface area contributed by atoms with Crippen LogP contribution in [0.4, 0.5) is 11.4 Å². The standard InChI is InChI=1S/C22H16N6O6/c1-33-12-21-24-22(34-25-21)18-9-17-16-4-2-3-5-19(16)26(20(17)10-23-18)11-13-6-14(27(29)30)8-15(7-13)28(31)32/h2-10H,11-12H2,1H3. The van der Waals surface area contributed by atoms with Gasteiger partial charge in [-0.05, 0) is 17.7 Å². The number of methoxy groups -OCH3 is 1. The monoisotopic (exact) mass is 460 g/mol. The van der Waals surface area contributed by atoms with E-state index in [-0.39, 0.29) is 30.4 Å². The third-order valence-electron chi connectivity index (χ3n) is 5.34. The molecular formula is C22H16N6O6. The zero-order chi connectivity index (χ0) is 23.8. The van der Waals surface area contributed by atoms with Crippen LogP contribution in [-0.4, -0.2) is 36.6 Å². The zero-order valence-electron chi connectivity index (χ0n) is 17.7. The number of fused-ring (bicyclic) bond motifs is 3. The number of para-hydroxylation sites is 1. The number of pyridine rings is 1. The molecule has 0 atom stereocenters. The first-order valence-corrected chi connectivity index (χ1v) is 10.1. The summed E-state index contributed by atoms with van der Waals surface area (Å²) in [4.78, 5) is 30.1. The topological polar surface area (TPSA) is 152 Å². The quantitative estimate of drug-likeness (QED) is 0.256. The van der Waals surface area contributed by atoms with Crippen LogP contribution in [0.5, 0.6) is 0 Å². The van der Waals surface area contributed by atoms with E-state index in [0.717, 1.165) is 27.9 Å². The van der Waals surface area contributed by atoms with Crippen molar-refractivity contribution in [2.75, 3.05) is 7.11 Å². The average molecular weight is 460 g/mol. The van der Waals surface area contributed by atoms with E-state index in [1.165, 1.54) is 19.2 Å². The second-order valence-electron chi connectivity index (χ2n) is 7.51. The molecule has 0 N–H and O–H groups in total. The van der Waals surface area contributed by atoms with Crippen LogP contribution in [0, 0.1) is 20.2 Å². The molecule has 0 bridgehead atoms. The summed E-state index contributed by atoms with van der Waals surface area (Å²) in [7, 11) is 1.53. The Morgan fingerprint density at radius 3 is 2.44 bits per heavy atom. The number of nitro benzene ring substituents is 2. The molecule has 3 heterocycles. The van der Waals surface area contributed by atoms with Gasteiger partial charge in [0.25, 0.3) is 17.3 Å². The molecule has 5 aromatic rings. The molecule has 34 heavy (non-hydrogen) atoms. The largest absolute Gasteiger partial charge is 0.377 e. The van der Waals surface area contributed by atoms with Crippen molar-refractivity contribution in [2.45, 2.75) is 13.2 Å². The third-order valence-corrected chi connectivity index (χ3v) is 5.34. The maximum atomic E-state index is 11.3. The van der Waals surface area contributed by atoms with E-state index in [2.05, 4.69) is 15.1 Å². The first-order valence-electron chi connectivity index (χ1n) is 10.1. The van der Waals surface area contributed by atoms with Gasteiger partial charge in [-0.15, -0.1) is 0 Å². The van der Waals surface area contributed by atoms with Crippen LogP contribution in [-0.2, 0) is 17.9 Å². The van der Waals surface area contributed by atoms with Gasteiger partial charge in [0, 0.05) is 42.1 Å². The zero-order valence-corrected chi connectivity index (χ0v) is 17.7. The second-order valence-corrected chi connectivity index (χ2v) is 7.51. The van der Waals surface area contributed by atoms with Gasteiger partial charge in [-0.2, -0.15) is 4.98 Å². The fourth-order valence-corrected chi connectivity index (χ4v) is 3.92. The van der Waals surface area contributed by atoms with Crippen molar-refractivity contribution in [1.82, 2.24) is 19.7 Å². The Morgan fingerprint density at radius 1 is 1.00 bits per heavy atom. The Morgan fingerprint density at radius 2 is 1.74 bits per heavy atom. The van der Waals surface area contributed by atoms with E-state index in [1.54, 1.807) is 6.20 Å². The fraction of sp³-hybridized carbons (Fsp3) is 0.136. The Hall–Kier alpha value is -4.71. The molecule has 0 radical (unpaired) electrons. The molecule has 12 heteroatoms. The van der Waals surface area contributed by atoms with Crippen molar-refractivity contribution in [3.63, 3.8) is 0 Å². The number of nitro groups is 2. The maximum absolute atomic E-state index is 11.3. The molecule has 170 valence electrons. The van der Waals surface area contributed by atoms with Crippen LogP contribution in [0.1, 0.15) is 11.4 Å². The van der Waals surface area contributed by atoms with E-state index in [9.17, 15) is 20.2 Å². The van der Waals surface area contributed by atoms with Crippen LogP contribution in [0.25, 0.3) is 33.4 Å². The molecule has 0 unspecified atom stereocenters. The molecule has 0 amide bonds. The Labute approximate surface area is 190 Å². The smallest absolute Gasteiger partial charge is 0.276 e. The highest BCUT2D eigenvalue weighted by Gasteiger charge is 2.19. The number of hydrogen-bond acceptors (Lipinski definition) is 9. The Balaban J connectivity index is 1.64. The number of benzene rings is 2. The predicted octanol–water partition coefficient (Wildman–Crippen LogP) is 4.25.